The number of carbonyl (C=O) groups is 1. The topological polar surface area (TPSA) is 85.8 Å². The van der Waals surface area contributed by atoms with Crippen LogP contribution in [0.15, 0.2) is 29.3 Å². The van der Waals surface area contributed by atoms with Gasteiger partial charge in [-0.2, -0.15) is 0 Å². The van der Waals surface area contributed by atoms with Crippen LogP contribution in [0, 0.1) is 0 Å². The molecule has 1 aromatic carbocycles. The lowest BCUT2D eigenvalue weighted by molar-refractivity contribution is -0.114. The molecular weight excluding hydrogens is 316 g/mol. The molecule has 0 spiro atoms. The molecule has 0 unspecified atom stereocenters. The Balaban J connectivity index is 1.87. The van der Waals surface area contributed by atoms with E-state index in [1.807, 2.05) is 31.2 Å². The molecule has 0 aliphatic heterocycles. The lowest BCUT2D eigenvalue weighted by atomic mass is 9.93. The number of hydrogen-bond acceptors (Lipinski definition) is 3. The fourth-order valence-electron chi connectivity index (χ4n) is 2.95. The van der Waals surface area contributed by atoms with Crippen molar-refractivity contribution in [1.82, 2.24) is 10.6 Å². The van der Waals surface area contributed by atoms with Gasteiger partial charge >= 0.3 is 0 Å². The second kappa shape index (κ2) is 10.0. The van der Waals surface area contributed by atoms with Crippen LogP contribution in [0.25, 0.3) is 0 Å². The summed E-state index contributed by atoms with van der Waals surface area (Å²) in [4.78, 5) is 16.5. The maximum absolute atomic E-state index is 12.1. The molecule has 0 heterocycles. The van der Waals surface area contributed by atoms with Crippen LogP contribution in [0.5, 0.6) is 0 Å². The van der Waals surface area contributed by atoms with Crippen LogP contribution in [0.1, 0.15) is 45.1 Å². The van der Waals surface area contributed by atoms with Crippen LogP contribution in [0.3, 0.4) is 0 Å². The number of amides is 1. The van der Waals surface area contributed by atoms with Gasteiger partial charge in [0.25, 0.3) is 0 Å². The normalized spacial score (nSPS) is 20.8. The van der Waals surface area contributed by atoms with Crippen LogP contribution in [0.4, 0.5) is 5.69 Å². The van der Waals surface area contributed by atoms with Crippen LogP contribution >= 0.6 is 0 Å². The molecule has 1 aliphatic carbocycles. The average molecular weight is 346 g/mol. The van der Waals surface area contributed by atoms with Crippen molar-refractivity contribution in [2.24, 2.45) is 4.99 Å². The number of hydrogen-bond donors (Lipinski definition) is 4. The molecule has 1 amide bonds. The zero-order chi connectivity index (χ0) is 18.1. The van der Waals surface area contributed by atoms with Gasteiger partial charge in [-0.1, -0.05) is 19.1 Å². The highest BCUT2D eigenvalue weighted by molar-refractivity contribution is 5.94. The van der Waals surface area contributed by atoms with Gasteiger partial charge in [-0.25, -0.2) is 4.99 Å². The first-order chi connectivity index (χ1) is 12.1. The maximum atomic E-state index is 12.1. The summed E-state index contributed by atoms with van der Waals surface area (Å²) in [5.74, 6) is 0.519. The summed E-state index contributed by atoms with van der Waals surface area (Å²) >= 11 is 0. The number of aliphatic hydroxyl groups excluding tert-OH is 1. The number of nitrogens with zero attached hydrogens (tertiary/aromatic N) is 1. The number of anilines is 1. The van der Waals surface area contributed by atoms with Gasteiger partial charge in [0.05, 0.1) is 6.10 Å². The molecule has 1 fully saturated rings. The van der Waals surface area contributed by atoms with Crippen molar-refractivity contribution < 1.29 is 9.90 Å². The van der Waals surface area contributed by atoms with Crippen molar-refractivity contribution in [3.05, 3.63) is 29.8 Å². The summed E-state index contributed by atoms with van der Waals surface area (Å²) in [6.07, 6.45) is 4.22. The zero-order valence-electron chi connectivity index (χ0n) is 15.2. The number of aliphatic hydroxyl groups is 1. The fraction of sp³-hybridized carbons (Fsp3) is 0.579. The Kier molecular flexibility index (Phi) is 7.73. The van der Waals surface area contributed by atoms with Crippen LogP contribution < -0.4 is 16.0 Å². The molecule has 138 valence electrons. The van der Waals surface area contributed by atoms with Crippen molar-refractivity contribution >= 4 is 17.6 Å². The molecule has 0 aromatic heterocycles. The monoisotopic (exact) mass is 346 g/mol. The number of aliphatic imine (C=N–C) groups is 1. The first-order valence-corrected chi connectivity index (χ1v) is 9.22. The van der Waals surface area contributed by atoms with E-state index >= 15 is 0 Å². The van der Waals surface area contributed by atoms with Crippen LogP contribution in [-0.2, 0) is 11.2 Å². The Morgan fingerprint density at radius 2 is 2.00 bits per heavy atom. The Morgan fingerprint density at radius 3 is 2.68 bits per heavy atom. The molecule has 4 N–H and O–H groups in total. The Hall–Kier alpha value is -2.08. The third-order valence-corrected chi connectivity index (χ3v) is 4.38. The number of carbonyl (C=O) groups excluding carboxylic acids is 1. The summed E-state index contributed by atoms with van der Waals surface area (Å²) in [6.45, 7) is 4.89. The van der Waals surface area contributed by atoms with Gasteiger partial charge in [-0.15, -0.1) is 0 Å². The minimum absolute atomic E-state index is 0.0705. The van der Waals surface area contributed by atoms with Crippen molar-refractivity contribution in [2.45, 2.75) is 58.1 Å². The third-order valence-electron chi connectivity index (χ3n) is 4.38. The largest absolute Gasteiger partial charge is 0.393 e. The summed E-state index contributed by atoms with van der Waals surface area (Å²) in [7, 11) is 0. The van der Waals surface area contributed by atoms with Gasteiger partial charge in [0.2, 0.25) is 5.91 Å². The maximum Gasteiger partial charge on any atom is 0.246 e. The number of nitrogens with one attached hydrogen (secondary N) is 3. The number of rotatable bonds is 6. The van der Waals surface area contributed by atoms with Gasteiger partial charge in [0.1, 0.15) is 6.54 Å². The molecule has 0 saturated heterocycles. The number of guanidine groups is 1. The lowest BCUT2D eigenvalue weighted by Crippen LogP contribution is -2.45. The van der Waals surface area contributed by atoms with E-state index in [-0.39, 0.29) is 18.6 Å². The SMILES string of the molecule is CCNC(=NCC(=O)Nc1cccc(CC)c1)NC1CCC(O)CC1. The summed E-state index contributed by atoms with van der Waals surface area (Å²) in [6, 6.07) is 8.16. The molecule has 1 aromatic rings. The van der Waals surface area contributed by atoms with Crippen molar-refractivity contribution in [3.63, 3.8) is 0 Å². The Morgan fingerprint density at radius 1 is 1.24 bits per heavy atom. The van der Waals surface area contributed by atoms with Gasteiger partial charge in [-0.05, 0) is 56.7 Å². The van der Waals surface area contributed by atoms with E-state index in [0.29, 0.717) is 12.0 Å². The van der Waals surface area contributed by atoms with Crippen LogP contribution in [0.2, 0.25) is 0 Å². The molecule has 0 radical (unpaired) electrons. The van der Waals surface area contributed by atoms with Gasteiger partial charge < -0.3 is 21.1 Å². The average Bonchev–Trinajstić information content (AvgIpc) is 2.62. The molecule has 0 bridgehead atoms. The van der Waals surface area contributed by atoms with E-state index in [1.54, 1.807) is 0 Å². The predicted molar refractivity (Wildman–Crippen MR) is 102 cm³/mol. The number of aryl methyl sites for hydroxylation is 1. The zero-order valence-corrected chi connectivity index (χ0v) is 15.2. The van der Waals surface area contributed by atoms with E-state index in [1.165, 1.54) is 5.56 Å². The predicted octanol–water partition coefficient (Wildman–Crippen LogP) is 2.05. The highest BCUT2D eigenvalue weighted by Crippen LogP contribution is 2.18. The minimum Gasteiger partial charge on any atom is -0.393 e. The van der Waals surface area contributed by atoms with E-state index in [2.05, 4.69) is 27.9 Å². The minimum atomic E-state index is -0.178. The van der Waals surface area contributed by atoms with Crippen LogP contribution in [-0.4, -0.2) is 42.2 Å². The Bertz CT molecular complexity index is 581. The molecule has 0 atom stereocenters. The quantitative estimate of drug-likeness (QED) is 0.469. The standard InChI is InChI=1S/C19H30N4O2/c1-3-14-6-5-7-16(12-14)22-18(25)13-21-19(20-4-2)23-15-8-10-17(24)11-9-15/h5-7,12,15,17,24H,3-4,8-11,13H2,1-2H3,(H,22,25)(H2,20,21,23). The first kappa shape index (κ1) is 19.2. The van der Waals surface area contributed by atoms with Crippen molar-refractivity contribution in [1.29, 1.82) is 0 Å². The molecular formula is C19H30N4O2. The van der Waals surface area contributed by atoms with E-state index in [4.69, 9.17) is 0 Å². The molecule has 6 heteroatoms. The van der Waals surface area contributed by atoms with E-state index in [9.17, 15) is 9.90 Å². The summed E-state index contributed by atoms with van der Waals surface area (Å²) in [5, 5.41) is 19.0. The highest BCUT2D eigenvalue weighted by Gasteiger charge is 2.20. The lowest BCUT2D eigenvalue weighted by Gasteiger charge is -2.27. The van der Waals surface area contributed by atoms with E-state index in [0.717, 1.165) is 44.3 Å². The number of benzene rings is 1. The summed E-state index contributed by atoms with van der Waals surface area (Å²) < 4.78 is 0. The third kappa shape index (κ3) is 6.74. The first-order valence-electron chi connectivity index (χ1n) is 9.22. The molecule has 25 heavy (non-hydrogen) atoms. The molecule has 2 rings (SSSR count). The van der Waals surface area contributed by atoms with Gasteiger partial charge in [-0.3, -0.25) is 4.79 Å². The van der Waals surface area contributed by atoms with Gasteiger partial charge in [0.15, 0.2) is 5.96 Å². The van der Waals surface area contributed by atoms with Gasteiger partial charge in [0, 0.05) is 18.3 Å². The fourth-order valence-corrected chi connectivity index (χ4v) is 2.95. The molecule has 1 saturated carbocycles. The molecule has 6 nitrogen and oxygen atoms in total. The second-order valence-electron chi connectivity index (χ2n) is 6.45. The van der Waals surface area contributed by atoms with E-state index < -0.39 is 0 Å². The highest BCUT2D eigenvalue weighted by atomic mass is 16.3. The summed E-state index contributed by atoms with van der Waals surface area (Å²) in [5.41, 5.74) is 1.99. The Labute approximate surface area is 150 Å². The van der Waals surface area contributed by atoms with Crippen molar-refractivity contribution in [3.8, 4) is 0 Å². The smallest absolute Gasteiger partial charge is 0.246 e. The molecule has 1 aliphatic rings. The second-order valence-corrected chi connectivity index (χ2v) is 6.45. The van der Waals surface area contributed by atoms with Crippen molar-refractivity contribution in [2.75, 3.05) is 18.4 Å².